The molecule has 116 valence electrons. The van der Waals surface area contributed by atoms with Crippen molar-refractivity contribution in [3.05, 3.63) is 0 Å². The summed E-state index contributed by atoms with van der Waals surface area (Å²) in [5, 5.41) is 6.63. The standard InChI is InChI=1S/C16H30N2O2/c1-3-16(4-2)12-13(9-11-20-16)18-15(19)14-8-6-5-7-10-17-14/h13-14,17H,3-12H2,1-2H3,(H,18,19). The number of carbonyl (C=O) groups is 1. The molecular formula is C16H30N2O2. The monoisotopic (exact) mass is 282 g/mol. The molecule has 0 aromatic rings. The number of ether oxygens (including phenoxy) is 1. The van der Waals surface area contributed by atoms with Crippen molar-refractivity contribution in [1.82, 2.24) is 10.6 Å². The predicted molar refractivity (Wildman–Crippen MR) is 80.7 cm³/mol. The molecule has 0 aliphatic carbocycles. The molecule has 1 amide bonds. The van der Waals surface area contributed by atoms with Gasteiger partial charge >= 0.3 is 0 Å². The van der Waals surface area contributed by atoms with E-state index in [0.29, 0.717) is 0 Å². The van der Waals surface area contributed by atoms with Crippen LogP contribution in [0.25, 0.3) is 0 Å². The summed E-state index contributed by atoms with van der Waals surface area (Å²) >= 11 is 0. The molecule has 2 unspecified atom stereocenters. The highest BCUT2D eigenvalue weighted by molar-refractivity contribution is 5.82. The summed E-state index contributed by atoms with van der Waals surface area (Å²) in [5.41, 5.74) is -0.0208. The van der Waals surface area contributed by atoms with E-state index in [2.05, 4.69) is 24.5 Å². The topological polar surface area (TPSA) is 50.4 Å². The molecule has 2 rings (SSSR count). The maximum absolute atomic E-state index is 12.4. The molecule has 2 N–H and O–H groups in total. The first-order valence-electron chi connectivity index (χ1n) is 8.37. The van der Waals surface area contributed by atoms with Crippen LogP contribution in [0.2, 0.25) is 0 Å². The average Bonchev–Trinajstić information content (AvgIpc) is 2.76. The zero-order chi connectivity index (χ0) is 14.4. The number of hydrogen-bond acceptors (Lipinski definition) is 3. The third-order valence-electron chi connectivity index (χ3n) is 5.00. The van der Waals surface area contributed by atoms with E-state index in [-0.39, 0.29) is 23.6 Å². The van der Waals surface area contributed by atoms with Crippen molar-refractivity contribution in [2.24, 2.45) is 0 Å². The largest absolute Gasteiger partial charge is 0.375 e. The van der Waals surface area contributed by atoms with Crippen molar-refractivity contribution >= 4 is 5.91 Å². The third-order valence-corrected chi connectivity index (χ3v) is 5.00. The molecule has 4 heteroatoms. The molecule has 2 fully saturated rings. The Morgan fingerprint density at radius 3 is 2.80 bits per heavy atom. The highest BCUT2D eigenvalue weighted by atomic mass is 16.5. The molecule has 0 saturated carbocycles. The summed E-state index contributed by atoms with van der Waals surface area (Å²) in [7, 11) is 0. The lowest BCUT2D eigenvalue weighted by Gasteiger charge is -2.40. The molecular weight excluding hydrogens is 252 g/mol. The van der Waals surface area contributed by atoms with Gasteiger partial charge in [0.05, 0.1) is 11.6 Å². The number of amides is 1. The highest BCUT2D eigenvalue weighted by Crippen LogP contribution is 2.31. The van der Waals surface area contributed by atoms with Crippen LogP contribution >= 0.6 is 0 Å². The highest BCUT2D eigenvalue weighted by Gasteiger charge is 2.35. The second-order valence-corrected chi connectivity index (χ2v) is 6.29. The Hall–Kier alpha value is -0.610. The van der Waals surface area contributed by atoms with Crippen LogP contribution in [0.3, 0.4) is 0 Å². The molecule has 0 spiro atoms. The normalized spacial score (nSPS) is 30.5. The lowest BCUT2D eigenvalue weighted by Crippen LogP contribution is -2.52. The molecule has 4 nitrogen and oxygen atoms in total. The fraction of sp³-hybridized carbons (Fsp3) is 0.938. The second kappa shape index (κ2) is 7.41. The van der Waals surface area contributed by atoms with E-state index in [1.54, 1.807) is 0 Å². The van der Waals surface area contributed by atoms with Crippen LogP contribution in [0.4, 0.5) is 0 Å². The van der Waals surface area contributed by atoms with Crippen LogP contribution in [-0.2, 0) is 9.53 Å². The number of carbonyl (C=O) groups excluding carboxylic acids is 1. The van der Waals surface area contributed by atoms with Crippen LogP contribution in [0.15, 0.2) is 0 Å². The molecule has 2 saturated heterocycles. The van der Waals surface area contributed by atoms with Gasteiger partial charge in [-0.15, -0.1) is 0 Å². The first kappa shape index (κ1) is 15.8. The van der Waals surface area contributed by atoms with E-state index >= 15 is 0 Å². The third kappa shape index (κ3) is 3.95. The van der Waals surface area contributed by atoms with Crippen molar-refractivity contribution in [3.63, 3.8) is 0 Å². The molecule has 2 atom stereocenters. The summed E-state index contributed by atoms with van der Waals surface area (Å²) in [6, 6.07) is 0.291. The Morgan fingerprint density at radius 2 is 2.05 bits per heavy atom. The Balaban J connectivity index is 1.86. The Kier molecular flexibility index (Phi) is 5.85. The van der Waals surface area contributed by atoms with Gasteiger partial charge in [-0.05, 0) is 45.1 Å². The van der Waals surface area contributed by atoms with E-state index in [4.69, 9.17) is 4.74 Å². The maximum atomic E-state index is 12.4. The van der Waals surface area contributed by atoms with Crippen LogP contribution in [0.1, 0.15) is 65.2 Å². The van der Waals surface area contributed by atoms with Gasteiger partial charge in [0.15, 0.2) is 0 Å². The van der Waals surface area contributed by atoms with Crippen molar-refractivity contribution in [2.45, 2.75) is 82.9 Å². The minimum Gasteiger partial charge on any atom is -0.375 e. The average molecular weight is 282 g/mol. The van der Waals surface area contributed by atoms with Gasteiger partial charge in [-0.1, -0.05) is 26.7 Å². The van der Waals surface area contributed by atoms with Crippen molar-refractivity contribution in [3.8, 4) is 0 Å². The molecule has 2 aliphatic heterocycles. The van der Waals surface area contributed by atoms with Crippen LogP contribution < -0.4 is 10.6 Å². The van der Waals surface area contributed by atoms with Gasteiger partial charge in [0.2, 0.25) is 5.91 Å². The van der Waals surface area contributed by atoms with Gasteiger partial charge in [0.25, 0.3) is 0 Å². The molecule has 2 heterocycles. The SMILES string of the molecule is CCC1(CC)CC(NC(=O)C2CCCCCN2)CCO1. The molecule has 0 aromatic carbocycles. The van der Waals surface area contributed by atoms with Crippen molar-refractivity contribution in [1.29, 1.82) is 0 Å². The molecule has 0 radical (unpaired) electrons. The quantitative estimate of drug-likeness (QED) is 0.832. The lowest BCUT2D eigenvalue weighted by atomic mass is 9.86. The molecule has 0 aromatic heterocycles. The van der Waals surface area contributed by atoms with E-state index in [1.807, 2.05) is 0 Å². The van der Waals surface area contributed by atoms with Gasteiger partial charge in [-0.25, -0.2) is 0 Å². The minimum atomic E-state index is -0.0208. The first-order chi connectivity index (χ1) is 9.69. The van der Waals surface area contributed by atoms with Gasteiger partial charge in [-0.2, -0.15) is 0 Å². The van der Waals surface area contributed by atoms with Crippen molar-refractivity contribution in [2.75, 3.05) is 13.2 Å². The van der Waals surface area contributed by atoms with Crippen LogP contribution in [0.5, 0.6) is 0 Å². The summed E-state index contributed by atoms with van der Waals surface area (Å²) in [6.07, 6.45) is 8.51. The van der Waals surface area contributed by atoms with Gasteiger partial charge in [0, 0.05) is 12.6 Å². The molecule has 0 bridgehead atoms. The smallest absolute Gasteiger partial charge is 0.237 e. The minimum absolute atomic E-state index is 0.0120. The zero-order valence-corrected chi connectivity index (χ0v) is 13.0. The summed E-state index contributed by atoms with van der Waals surface area (Å²) < 4.78 is 5.97. The fourth-order valence-corrected chi connectivity index (χ4v) is 3.45. The number of rotatable bonds is 4. The number of nitrogens with one attached hydrogen (secondary N) is 2. The van der Waals surface area contributed by atoms with Crippen LogP contribution in [0, 0.1) is 0 Å². The van der Waals surface area contributed by atoms with Gasteiger partial charge < -0.3 is 15.4 Å². The molecule has 2 aliphatic rings. The molecule has 20 heavy (non-hydrogen) atoms. The summed E-state index contributed by atoms with van der Waals surface area (Å²) in [6.45, 7) is 6.10. The Morgan fingerprint density at radius 1 is 1.25 bits per heavy atom. The summed E-state index contributed by atoms with van der Waals surface area (Å²) in [5.74, 6) is 0.194. The predicted octanol–water partition coefficient (Wildman–Crippen LogP) is 2.37. The first-order valence-corrected chi connectivity index (χ1v) is 8.37. The number of hydrogen-bond donors (Lipinski definition) is 2. The lowest BCUT2D eigenvalue weighted by molar-refractivity contribution is -0.128. The summed E-state index contributed by atoms with van der Waals surface area (Å²) in [4.78, 5) is 12.4. The van der Waals surface area contributed by atoms with Gasteiger partial charge in [0.1, 0.15) is 0 Å². The fourth-order valence-electron chi connectivity index (χ4n) is 3.45. The van der Waals surface area contributed by atoms with Gasteiger partial charge in [-0.3, -0.25) is 4.79 Å². The van der Waals surface area contributed by atoms with Crippen LogP contribution in [-0.4, -0.2) is 36.7 Å². The maximum Gasteiger partial charge on any atom is 0.237 e. The van der Waals surface area contributed by atoms with Crippen molar-refractivity contribution < 1.29 is 9.53 Å². The second-order valence-electron chi connectivity index (χ2n) is 6.29. The Bertz CT molecular complexity index is 308. The zero-order valence-electron chi connectivity index (χ0n) is 13.0. The van der Waals surface area contributed by atoms with E-state index in [1.165, 1.54) is 12.8 Å². The Labute approximate surface area is 123 Å². The van der Waals surface area contributed by atoms with E-state index in [0.717, 1.165) is 51.7 Å². The van der Waals surface area contributed by atoms with E-state index in [9.17, 15) is 4.79 Å². The van der Waals surface area contributed by atoms with E-state index < -0.39 is 0 Å².